The summed E-state index contributed by atoms with van der Waals surface area (Å²) in [5.74, 6) is -1.03. The molecule has 13 heteroatoms. The second kappa shape index (κ2) is 14.6. The van der Waals surface area contributed by atoms with E-state index in [1.54, 1.807) is 33.8 Å². The van der Waals surface area contributed by atoms with Gasteiger partial charge >= 0.3 is 0 Å². The Kier molecular flexibility index (Phi) is 10.1. The molecular weight excluding hydrogens is 752 g/mol. The van der Waals surface area contributed by atoms with Gasteiger partial charge in [-0.15, -0.1) is 5.10 Å². The van der Waals surface area contributed by atoms with Gasteiger partial charge in [-0.3, -0.25) is 14.3 Å². The molecule has 1 spiro atoms. The predicted octanol–water partition coefficient (Wildman–Crippen LogP) is 6.43. The summed E-state index contributed by atoms with van der Waals surface area (Å²) in [6.45, 7) is 6.50. The van der Waals surface area contributed by atoms with Gasteiger partial charge in [0.1, 0.15) is 0 Å². The fourth-order valence-electron chi connectivity index (χ4n) is 8.09. The summed E-state index contributed by atoms with van der Waals surface area (Å²) >= 11 is 3.63. The van der Waals surface area contributed by atoms with Crippen molar-refractivity contribution in [3.63, 3.8) is 0 Å². The molecule has 11 nitrogen and oxygen atoms in total. The molecule has 2 amide bonds. The van der Waals surface area contributed by atoms with Crippen molar-refractivity contribution in [3.05, 3.63) is 136 Å². The summed E-state index contributed by atoms with van der Waals surface area (Å²) in [6, 6.07) is 29.7. The quantitative estimate of drug-likeness (QED) is 0.0881. The number of benzene rings is 4. The number of nitrogens with zero attached hydrogens (tertiary/aromatic N) is 4. The fraction of sp³-hybridized carbons (Fsp3) is 0.300. The van der Waals surface area contributed by atoms with Crippen LogP contribution in [-0.2, 0) is 28.2 Å². The highest BCUT2D eigenvalue weighted by molar-refractivity contribution is 9.10. The van der Waals surface area contributed by atoms with Gasteiger partial charge in [-0.05, 0) is 85.2 Å². The van der Waals surface area contributed by atoms with Crippen molar-refractivity contribution >= 4 is 53.1 Å². The molecule has 0 bridgehead atoms. The molecule has 1 unspecified atom stereocenters. The van der Waals surface area contributed by atoms with E-state index in [1.165, 1.54) is 0 Å². The number of nitrogen functional groups attached to an aromatic ring is 1. The smallest absolute Gasteiger partial charge is 0.264 e. The molecule has 3 heterocycles. The number of amides is 2. The van der Waals surface area contributed by atoms with Gasteiger partial charge in [0.05, 0.1) is 36.6 Å². The number of nitrogens with one attached hydrogen (secondary N) is 1. The van der Waals surface area contributed by atoms with Crippen molar-refractivity contribution in [2.75, 3.05) is 22.6 Å². The molecule has 0 radical (unpaired) electrons. The third kappa shape index (κ3) is 7.07. The van der Waals surface area contributed by atoms with Crippen LogP contribution in [0.25, 0.3) is 0 Å². The number of anilines is 3. The van der Waals surface area contributed by atoms with Gasteiger partial charge in [0, 0.05) is 51.2 Å². The largest absolute Gasteiger partial charge is 0.432 e. The summed E-state index contributed by atoms with van der Waals surface area (Å²) in [5.41, 5.74) is 9.97. The van der Waals surface area contributed by atoms with E-state index < -0.39 is 20.0 Å². The van der Waals surface area contributed by atoms with Crippen LogP contribution in [0.3, 0.4) is 0 Å². The van der Waals surface area contributed by atoms with Gasteiger partial charge in [-0.1, -0.05) is 70.5 Å². The number of rotatable bonds is 11. The summed E-state index contributed by atoms with van der Waals surface area (Å²) in [6.07, 6.45) is 1.93. The first kappa shape index (κ1) is 36.7. The zero-order valence-electron chi connectivity index (χ0n) is 29.8. The first-order chi connectivity index (χ1) is 25.4. The van der Waals surface area contributed by atoms with E-state index in [0.717, 1.165) is 26.9 Å². The third-order valence-electron chi connectivity index (χ3n) is 10.6. The number of nitrogens with two attached hydrogens (primary N) is 1. The Morgan fingerprint density at radius 2 is 1.77 bits per heavy atom. The van der Waals surface area contributed by atoms with E-state index in [1.807, 2.05) is 99.0 Å². The first-order valence-electron chi connectivity index (χ1n) is 17.7. The zero-order valence-corrected chi connectivity index (χ0v) is 32.4. The van der Waals surface area contributed by atoms with E-state index in [9.17, 15) is 19.5 Å². The number of hydrogen-bond donors (Lipinski definition) is 4. The second-order valence-electron chi connectivity index (χ2n) is 14.5. The molecule has 2 aliphatic heterocycles. The van der Waals surface area contributed by atoms with Crippen molar-refractivity contribution in [3.8, 4) is 0 Å². The van der Waals surface area contributed by atoms with Crippen molar-refractivity contribution < 1.29 is 24.2 Å². The molecule has 4 aromatic carbocycles. The standard InChI is InChI=1S/C40H43BrN6O5Si/c1-25-37(53(2,3)51)36(19-20-46-23-34(44-45-46)32(24-48)27-7-5-4-6-8-27)52-40(25)33-21-29(41)13-18-35(33)47(39(40)50)22-26-9-16-31(17-10-26)43-38(49)28-11-14-30(42)15-12-28/h4-18,21,23,25,32,36-37,48,51H,19-20,22,24,42H2,1-3H3,(H,43,49)/t25-,32?,36+,37-,40+/m0/s1. The summed E-state index contributed by atoms with van der Waals surface area (Å²) in [7, 11) is -2.88. The SMILES string of the molecule is C[C@H]1[C@H]([Si](C)(C)O)[C@@H](CCn2cc(C(CO)c3ccccc3)nn2)O[C@]12C(=O)N(Cc1ccc(NC(=O)c3ccc(N)cc3)cc1)c1ccc(Br)cc12. The van der Waals surface area contributed by atoms with Crippen LogP contribution in [0.1, 0.15) is 52.0 Å². The van der Waals surface area contributed by atoms with Crippen LogP contribution in [0.5, 0.6) is 0 Å². The molecule has 1 fully saturated rings. The van der Waals surface area contributed by atoms with Crippen molar-refractivity contribution in [1.29, 1.82) is 0 Å². The lowest BCUT2D eigenvalue weighted by molar-refractivity contribution is -0.146. The number of aliphatic hydroxyl groups excluding tert-OH is 1. The van der Waals surface area contributed by atoms with E-state index in [0.29, 0.717) is 42.1 Å². The molecule has 1 saturated heterocycles. The number of ether oxygens (including phenoxy) is 1. The molecule has 5 atom stereocenters. The number of hydrogen-bond acceptors (Lipinski definition) is 8. The Balaban J connectivity index is 1.12. The monoisotopic (exact) mass is 794 g/mol. The molecule has 274 valence electrons. The van der Waals surface area contributed by atoms with E-state index >= 15 is 0 Å². The Morgan fingerprint density at radius 3 is 2.45 bits per heavy atom. The summed E-state index contributed by atoms with van der Waals surface area (Å²) in [5, 5.41) is 21.8. The normalized spacial score (nSPS) is 21.6. The van der Waals surface area contributed by atoms with Gasteiger partial charge in [-0.2, -0.15) is 0 Å². The molecule has 0 aliphatic carbocycles. The maximum atomic E-state index is 14.8. The number of aliphatic hydroxyl groups is 1. The Morgan fingerprint density at radius 1 is 1.06 bits per heavy atom. The molecule has 1 aromatic heterocycles. The Labute approximate surface area is 318 Å². The van der Waals surface area contributed by atoms with Crippen molar-refractivity contribution in [1.82, 2.24) is 15.0 Å². The van der Waals surface area contributed by atoms with Crippen molar-refractivity contribution in [2.45, 2.75) is 62.7 Å². The number of aromatic nitrogens is 3. The van der Waals surface area contributed by atoms with Crippen molar-refractivity contribution in [2.24, 2.45) is 5.92 Å². The lowest BCUT2D eigenvalue weighted by atomic mass is 9.82. The molecule has 5 N–H and O–H groups in total. The number of carbonyl (C=O) groups is 2. The van der Waals surface area contributed by atoms with Gasteiger partial charge < -0.3 is 30.6 Å². The summed E-state index contributed by atoms with van der Waals surface area (Å²) < 4.78 is 9.58. The molecular formula is C40H43BrN6O5Si. The predicted molar refractivity (Wildman–Crippen MR) is 210 cm³/mol. The lowest BCUT2D eigenvalue weighted by Gasteiger charge is -2.32. The van der Waals surface area contributed by atoms with Crippen LogP contribution in [-0.4, -0.2) is 57.7 Å². The Hall–Kier alpha value is -4.66. The van der Waals surface area contributed by atoms with Gasteiger partial charge in [0.2, 0.25) is 0 Å². The van der Waals surface area contributed by atoms with Crippen LogP contribution < -0.4 is 16.0 Å². The highest BCUT2D eigenvalue weighted by Gasteiger charge is 2.66. The number of fused-ring (bicyclic) bond motifs is 2. The number of aryl methyl sites for hydroxylation is 1. The van der Waals surface area contributed by atoms with E-state index in [2.05, 4.69) is 31.6 Å². The maximum absolute atomic E-state index is 14.8. The topological polar surface area (TPSA) is 156 Å². The minimum Gasteiger partial charge on any atom is -0.432 e. The zero-order chi connectivity index (χ0) is 37.5. The molecule has 53 heavy (non-hydrogen) atoms. The first-order valence-corrected chi connectivity index (χ1v) is 21.5. The van der Waals surface area contributed by atoms with Gasteiger partial charge in [-0.25, -0.2) is 0 Å². The Bertz CT molecular complexity index is 2110. The molecule has 2 aliphatic rings. The van der Waals surface area contributed by atoms with Gasteiger partial charge in [0.25, 0.3) is 11.8 Å². The van der Waals surface area contributed by atoms with Crippen LogP contribution in [0.4, 0.5) is 17.1 Å². The summed E-state index contributed by atoms with van der Waals surface area (Å²) in [4.78, 5) is 41.1. The lowest BCUT2D eigenvalue weighted by Crippen LogP contribution is -2.46. The van der Waals surface area contributed by atoms with Crippen LogP contribution in [0.2, 0.25) is 18.6 Å². The molecule has 5 aromatic rings. The fourth-order valence-corrected chi connectivity index (χ4v) is 11.1. The minimum atomic E-state index is -2.88. The minimum absolute atomic E-state index is 0.0976. The highest BCUT2D eigenvalue weighted by Crippen LogP contribution is 2.60. The van der Waals surface area contributed by atoms with Crippen LogP contribution >= 0.6 is 15.9 Å². The molecule has 7 rings (SSSR count). The highest BCUT2D eigenvalue weighted by atomic mass is 79.9. The molecule has 0 saturated carbocycles. The average Bonchev–Trinajstić information content (AvgIpc) is 3.79. The maximum Gasteiger partial charge on any atom is 0.264 e. The second-order valence-corrected chi connectivity index (χ2v) is 19.4. The third-order valence-corrected chi connectivity index (χ3v) is 13.6. The van der Waals surface area contributed by atoms with E-state index in [4.69, 9.17) is 10.5 Å². The number of carbonyl (C=O) groups excluding carboxylic acids is 2. The average molecular weight is 796 g/mol. The van der Waals surface area contributed by atoms with Crippen LogP contribution in [0, 0.1) is 5.92 Å². The van der Waals surface area contributed by atoms with Gasteiger partial charge in [0.15, 0.2) is 13.9 Å². The van der Waals surface area contributed by atoms with E-state index in [-0.39, 0.29) is 35.8 Å². The number of halogens is 1. The van der Waals surface area contributed by atoms with Crippen LogP contribution in [0.15, 0.2) is 108 Å².